The monoisotopic (exact) mass is 286 g/mol. The van der Waals surface area contributed by atoms with Crippen LogP contribution in [0.1, 0.15) is 18.9 Å². The van der Waals surface area contributed by atoms with Gasteiger partial charge < -0.3 is 15.2 Å². The Morgan fingerprint density at radius 3 is 2.52 bits per heavy atom. The molecule has 2 unspecified atom stereocenters. The molecule has 1 aromatic rings. The highest BCUT2D eigenvalue weighted by molar-refractivity contribution is 5.86. The van der Waals surface area contributed by atoms with Crippen LogP contribution < -0.4 is 10.1 Å². The van der Waals surface area contributed by atoms with E-state index >= 15 is 0 Å². The predicted molar refractivity (Wildman–Crippen MR) is 74.3 cm³/mol. The topological polar surface area (TPSA) is 99.4 Å². The van der Waals surface area contributed by atoms with Crippen molar-refractivity contribution in [1.82, 2.24) is 5.32 Å². The van der Waals surface area contributed by atoms with Crippen LogP contribution in [0.2, 0.25) is 0 Å². The lowest BCUT2D eigenvalue weighted by Crippen LogP contribution is -2.46. The van der Waals surface area contributed by atoms with Gasteiger partial charge in [-0.05, 0) is 31.2 Å². The summed E-state index contributed by atoms with van der Waals surface area (Å²) < 4.78 is 5.37. The maximum atomic E-state index is 11.8. The summed E-state index contributed by atoms with van der Waals surface area (Å²) in [5.41, 5.74) is 0.472. The second-order valence-corrected chi connectivity index (χ2v) is 4.20. The fourth-order valence-corrected chi connectivity index (χ4v) is 1.47. The first-order valence-corrected chi connectivity index (χ1v) is 6.11. The zero-order chi connectivity index (χ0) is 15.8. The van der Waals surface area contributed by atoms with E-state index in [4.69, 9.17) is 21.5 Å². The van der Waals surface area contributed by atoms with Crippen molar-refractivity contribution in [3.63, 3.8) is 0 Å². The Labute approximate surface area is 122 Å². The molecule has 1 rings (SSSR count). The summed E-state index contributed by atoms with van der Waals surface area (Å²) in [6, 6.07) is 7.04. The number of amides is 1. The quantitative estimate of drug-likeness (QED) is 0.757. The number of rotatable bonds is 6. The third kappa shape index (κ3) is 4.88. The summed E-state index contributed by atoms with van der Waals surface area (Å²) in [4.78, 5) is 22.7. The van der Waals surface area contributed by atoms with E-state index in [-0.39, 0.29) is 6.42 Å². The fourth-order valence-electron chi connectivity index (χ4n) is 1.47. The number of nitrogens with zero attached hydrogens (tertiary/aromatic N) is 1. The zero-order valence-electron chi connectivity index (χ0n) is 11.4. The molecule has 6 heteroatoms. The van der Waals surface area contributed by atoms with Crippen LogP contribution in [-0.4, -0.2) is 29.1 Å². The van der Waals surface area contributed by atoms with Gasteiger partial charge in [-0.2, -0.15) is 5.26 Å². The van der Waals surface area contributed by atoms with Crippen molar-refractivity contribution in [2.45, 2.75) is 25.5 Å². The van der Waals surface area contributed by atoms with Crippen molar-refractivity contribution in [2.24, 2.45) is 0 Å². The Morgan fingerprint density at radius 2 is 2.05 bits per heavy atom. The van der Waals surface area contributed by atoms with E-state index in [0.29, 0.717) is 11.3 Å². The van der Waals surface area contributed by atoms with Crippen LogP contribution in [0.3, 0.4) is 0 Å². The van der Waals surface area contributed by atoms with E-state index in [2.05, 4.69) is 11.2 Å². The van der Waals surface area contributed by atoms with E-state index < -0.39 is 24.0 Å². The van der Waals surface area contributed by atoms with Crippen molar-refractivity contribution >= 4 is 11.9 Å². The lowest BCUT2D eigenvalue weighted by Gasteiger charge is -2.17. The number of ether oxygens (including phenoxy) is 1. The minimum absolute atomic E-state index is 0.106. The summed E-state index contributed by atoms with van der Waals surface area (Å²) in [6.45, 7) is 1.49. The Bertz CT molecular complexity index is 596. The van der Waals surface area contributed by atoms with E-state index in [1.807, 2.05) is 6.07 Å². The molecule has 0 spiro atoms. The maximum absolute atomic E-state index is 11.8. The highest BCUT2D eigenvalue weighted by atomic mass is 16.5. The number of carboxylic acid groups (broad SMARTS) is 1. The molecule has 0 aliphatic rings. The van der Waals surface area contributed by atoms with Crippen LogP contribution in [0.25, 0.3) is 0 Å². The lowest BCUT2D eigenvalue weighted by atomic mass is 10.2. The van der Waals surface area contributed by atoms with E-state index in [0.717, 1.165) is 0 Å². The Kier molecular flexibility index (Phi) is 5.79. The molecule has 2 N–H and O–H groups in total. The number of hydrogen-bond donors (Lipinski definition) is 2. The van der Waals surface area contributed by atoms with Crippen molar-refractivity contribution in [3.8, 4) is 24.2 Å². The van der Waals surface area contributed by atoms with Gasteiger partial charge in [-0.1, -0.05) is 0 Å². The molecular formula is C15H14N2O4. The Hall–Kier alpha value is -2.99. The van der Waals surface area contributed by atoms with Gasteiger partial charge in [-0.15, -0.1) is 12.3 Å². The summed E-state index contributed by atoms with van der Waals surface area (Å²) in [5.74, 6) is 0.809. The molecule has 0 bridgehead atoms. The molecule has 0 aromatic heterocycles. The lowest BCUT2D eigenvalue weighted by molar-refractivity contribution is -0.142. The Morgan fingerprint density at radius 1 is 1.43 bits per heavy atom. The first kappa shape index (κ1) is 16.1. The molecule has 0 saturated heterocycles. The summed E-state index contributed by atoms with van der Waals surface area (Å²) in [5, 5.41) is 19.9. The number of nitriles is 1. The van der Waals surface area contributed by atoms with Gasteiger partial charge in [0.15, 0.2) is 6.10 Å². The molecule has 21 heavy (non-hydrogen) atoms. The highest BCUT2D eigenvalue weighted by Crippen LogP contribution is 2.13. The van der Waals surface area contributed by atoms with Gasteiger partial charge in [0.25, 0.3) is 5.91 Å². The number of benzene rings is 1. The van der Waals surface area contributed by atoms with Crippen LogP contribution >= 0.6 is 0 Å². The molecule has 0 fully saturated rings. The molecule has 108 valence electrons. The molecule has 2 atom stereocenters. The second kappa shape index (κ2) is 7.56. The summed E-state index contributed by atoms with van der Waals surface area (Å²) in [6.07, 6.45) is 4.05. The van der Waals surface area contributed by atoms with Crippen LogP contribution in [-0.2, 0) is 9.59 Å². The van der Waals surface area contributed by atoms with Crippen molar-refractivity contribution < 1.29 is 19.4 Å². The predicted octanol–water partition coefficient (Wildman–Crippen LogP) is 0.918. The van der Waals surface area contributed by atoms with E-state index in [1.54, 1.807) is 24.3 Å². The largest absolute Gasteiger partial charge is 0.481 e. The number of nitrogens with one attached hydrogen (secondary N) is 1. The number of hydrogen-bond acceptors (Lipinski definition) is 4. The van der Waals surface area contributed by atoms with Gasteiger partial charge in [0, 0.05) is 6.42 Å². The second-order valence-electron chi connectivity index (χ2n) is 4.20. The Balaban J connectivity index is 2.63. The van der Waals surface area contributed by atoms with Gasteiger partial charge in [0.05, 0.1) is 11.6 Å². The number of carboxylic acids is 1. The van der Waals surface area contributed by atoms with E-state index in [9.17, 15) is 9.59 Å². The average Bonchev–Trinajstić information content (AvgIpc) is 2.47. The summed E-state index contributed by atoms with van der Waals surface area (Å²) in [7, 11) is 0. The average molecular weight is 286 g/mol. The van der Waals surface area contributed by atoms with Gasteiger partial charge in [-0.3, -0.25) is 4.79 Å². The molecule has 0 radical (unpaired) electrons. The molecule has 0 heterocycles. The summed E-state index contributed by atoms with van der Waals surface area (Å²) >= 11 is 0. The van der Waals surface area contributed by atoms with E-state index in [1.165, 1.54) is 6.92 Å². The number of carbonyl (C=O) groups excluding carboxylic acids is 1. The van der Waals surface area contributed by atoms with Gasteiger partial charge >= 0.3 is 5.97 Å². The first-order chi connectivity index (χ1) is 9.97. The standard InChI is InChI=1S/C15H14N2O4/c1-3-4-13(15(19)20)17-14(18)10(2)21-12-7-5-11(9-16)6-8-12/h1,5-8,10,13H,4H2,2H3,(H,17,18)(H,19,20). The molecular weight excluding hydrogens is 272 g/mol. The molecule has 0 aliphatic heterocycles. The maximum Gasteiger partial charge on any atom is 0.327 e. The third-order valence-electron chi connectivity index (χ3n) is 2.60. The van der Waals surface area contributed by atoms with Crippen LogP contribution in [0.15, 0.2) is 24.3 Å². The smallest absolute Gasteiger partial charge is 0.327 e. The van der Waals surface area contributed by atoms with Gasteiger partial charge in [-0.25, -0.2) is 4.79 Å². The van der Waals surface area contributed by atoms with Gasteiger partial charge in [0.1, 0.15) is 11.8 Å². The normalized spacial score (nSPS) is 12.3. The minimum Gasteiger partial charge on any atom is -0.481 e. The molecule has 1 amide bonds. The van der Waals surface area contributed by atoms with Crippen molar-refractivity contribution in [2.75, 3.05) is 0 Å². The fraction of sp³-hybridized carbons (Fsp3) is 0.267. The first-order valence-electron chi connectivity index (χ1n) is 6.11. The van der Waals surface area contributed by atoms with Crippen molar-refractivity contribution in [3.05, 3.63) is 29.8 Å². The van der Waals surface area contributed by atoms with Crippen LogP contribution in [0, 0.1) is 23.7 Å². The SMILES string of the molecule is C#CCC(NC(=O)C(C)Oc1ccc(C#N)cc1)C(=O)O. The number of terminal acetylenes is 1. The van der Waals surface area contributed by atoms with Crippen molar-refractivity contribution in [1.29, 1.82) is 5.26 Å². The molecule has 1 aromatic carbocycles. The molecule has 0 saturated carbocycles. The van der Waals surface area contributed by atoms with Crippen LogP contribution in [0.5, 0.6) is 5.75 Å². The molecule has 0 aliphatic carbocycles. The third-order valence-corrected chi connectivity index (χ3v) is 2.60. The van der Waals surface area contributed by atoms with Gasteiger partial charge in [0.2, 0.25) is 0 Å². The molecule has 6 nitrogen and oxygen atoms in total. The minimum atomic E-state index is -1.20. The highest BCUT2D eigenvalue weighted by Gasteiger charge is 2.23. The number of carbonyl (C=O) groups is 2. The number of aliphatic carboxylic acids is 1. The van der Waals surface area contributed by atoms with Crippen LogP contribution in [0.4, 0.5) is 0 Å². The zero-order valence-corrected chi connectivity index (χ0v) is 11.4.